The molecular weight excluding hydrogens is 186 g/mol. The lowest BCUT2D eigenvalue weighted by Crippen LogP contribution is -1.98. The first-order valence-electron chi connectivity index (χ1n) is 5.16. The van der Waals surface area contributed by atoms with Crippen LogP contribution in [-0.4, -0.2) is 18.6 Å². The van der Waals surface area contributed by atoms with Crippen LogP contribution in [0.4, 0.5) is 11.5 Å². The minimum atomic E-state index is 0.896. The molecule has 0 aliphatic rings. The second kappa shape index (κ2) is 4.17. The second-order valence-electron chi connectivity index (χ2n) is 3.38. The van der Waals surface area contributed by atoms with E-state index in [-0.39, 0.29) is 0 Å². The molecule has 3 nitrogen and oxygen atoms in total. The van der Waals surface area contributed by atoms with Gasteiger partial charge in [-0.15, -0.1) is 0 Å². The van der Waals surface area contributed by atoms with Gasteiger partial charge >= 0.3 is 0 Å². The Labute approximate surface area is 89.5 Å². The van der Waals surface area contributed by atoms with Crippen LogP contribution in [0.1, 0.15) is 6.92 Å². The van der Waals surface area contributed by atoms with E-state index in [1.54, 1.807) is 0 Å². The van der Waals surface area contributed by atoms with E-state index in [4.69, 9.17) is 0 Å². The number of benzene rings is 1. The first-order valence-corrected chi connectivity index (χ1v) is 5.16. The van der Waals surface area contributed by atoms with Gasteiger partial charge in [-0.3, -0.25) is 0 Å². The van der Waals surface area contributed by atoms with E-state index in [1.807, 2.05) is 25.2 Å². The lowest BCUT2D eigenvalue weighted by molar-refractivity contribution is 1.17. The number of pyridine rings is 1. The van der Waals surface area contributed by atoms with Gasteiger partial charge in [0.1, 0.15) is 5.82 Å². The van der Waals surface area contributed by atoms with Crippen LogP contribution >= 0.6 is 0 Å². The minimum Gasteiger partial charge on any atom is -0.388 e. The van der Waals surface area contributed by atoms with Crippen LogP contribution in [0.2, 0.25) is 0 Å². The van der Waals surface area contributed by atoms with Crippen LogP contribution in [0.3, 0.4) is 0 Å². The number of aromatic nitrogens is 1. The van der Waals surface area contributed by atoms with Crippen molar-refractivity contribution in [1.82, 2.24) is 4.98 Å². The van der Waals surface area contributed by atoms with E-state index in [0.717, 1.165) is 29.0 Å². The van der Waals surface area contributed by atoms with E-state index in [2.05, 4.69) is 34.7 Å². The predicted molar refractivity (Wildman–Crippen MR) is 65.5 cm³/mol. The topological polar surface area (TPSA) is 37.0 Å². The molecule has 0 aliphatic heterocycles. The third kappa shape index (κ3) is 2.01. The van der Waals surface area contributed by atoms with Crippen LogP contribution in [0, 0.1) is 0 Å². The van der Waals surface area contributed by atoms with E-state index >= 15 is 0 Å². The van der Waals surface area contributed by atoms with Crippen LogP contribution in [0.15, 0.2) is 30.3 Å². The molecule has 78 valence electrons. The number of hydrogen-bond donors (Lipinski definition) is 2. The highest BCUT2D eigenvalue weighted by Crippen LogP contribution is 2.19. The molecule has 0 aliphatic carbocycles. The van der Waals surface area contributed by atoms with Crippen LogP contribution in [0.25, 0.3) is 10.9 Å². The molecule has 1 aromatic heterocycles. The summed E-state index contributed by atoms with van der Waals surface area (Å²) in [5, 5.41) is 7.47. The Balaban J connectivity index is 2.45. The van der Waals surface area contributed by atoms with Crippen molar-refractivity contribution in [3.05, 3.63) is 30.3 Å². The average molecular weight is 201 g/mol. The third-order valence-electron chi connectivity index (χ3n) is 2.34. The Morgan fingerprint density at radius 1 is 1.20 bits per heavy atom. The molecule has 0 amide bonds. The molecular formula is C12H15N3. The van der Waals surface area contributed by atoms with Gasteiger partial charge in [0, 0.05) is 24.7 Å². The Hall–Kier alpha value is -1.77. The fourth-order valence-electron chi connectivity index (χ4n) is 1.56. The predicted octanol–water partition coefficient (Wildman–Crippen LogP) is 2.71. The molecule has 2 aromatic rings. The van der Waals surface area contributed by atoms with Crippen molar-refractivity contribution in [2.45, 2.75) is 6.92 Å². The zero-order valence-electron chi connectivity index (χ0n) is 9.04. The normalized spacial score (nSPS) is 10.3. The molecule has 1 heterocycles. The summed E-state index contributed by atoms with van der Waals surface area (Å²) in [7, 11) is 1.92. The van der Waals surface area contributed by atoms with Crippen molar-refractivity contribution in [1.29, 1.82) is 0 Å². The molecule has 3 heteroatoms. The zero-order chi connectivity index (χ0) is 10.7. The zero-order valence-corrected chi connectivity index (χ0v) is 9.04. The van der Waals surface area contributed by atoms with Crippen LogP contribution in [-0.2, 0) is 0 Å². The maximum absolute atomic E-state index is 4.50. The van der Waals surface area contributed by atoms with Crippen molar-refractivity contribution in [2.75, 3.05) is 24.2 Å². The lowest BCUT2D eigenvalue weighted by atomic mass is 10.2. The molecule has 0 radical (unpaired) electrons. The van der Waals surface area contributed by atoms with Gasteiger partial charge in [0.15, 0.2) is 0 Å². The molecule has 0 bridgehead atoms. The highest BCUT2D eigenvalue weighted by Gasteiger charge is 1.98. The first kappa shape index (κ1) is 9.77. The molecule has 15 heavy (non-hydrogen) atoms. The number of rotatable bonds is 3. The first-order chi connectivity index (χ1) is 7.33. The molecule has 0 atom stereocenters. The second-order valence-corrected chi connectivity index (χ2v) is 3.38. The van der Waals surface area contributed by atoms with E-state index < -0.39 is 0 Å². The van der Waals surface area contributed by atoms with Crippen LogP contribution in [0.5, 0.6) is 0 Å². The monoisotopic (exact) mass is 201 g/mol. The molecule has 0 saturated carbocycles. The SMILES string of the molecule is CCNc1ccc2cc(NC)ccc2n1. The molecule has 1 aromatic carbocycles. The van der Waals surface area contributed by atoms with Crippen molar-refractivity contribution < 1.29 is 0 Å². The van der Waals surface area contributed by atoms with Gasteiger partial charge in [0.25, 0.3) is 0 Å². The lowest BCUT2D eigenvalue weighted by Gasteiger charge is -2.05. The summed E-state index contributed by atoms with van der Waals surface area (Å²) in [6.45, 7) is 2.96. The number of nitrogens with zero attached hydrogens (tertiary/aromatic N) is 1. The van der Waals surface area contributed by atoms with Gasteiger partial charge in [-0.1, -0.05) is 0 Å². The number of hydrogen-bond acceptors (Lipinski definition) is 3. The summed E-state index contributed by atoms with van der Waals surface area (Å²) >= 11 is 0. The summed E-state index contributed by atoms with van der Waals surface area (Å²) in [5.41, 5.74) is 2.13. The van der Waals surface area contributed by atoms with Gasteiger partial charge in [-0.25, -0.2) is 4.98 Å². The maximum atomic E-state index is 4.50. The van der Waals surface area contributed by atoms with E-state index in [1.165, 1.54) is 0 Å². The molecule has 2 N–H and O–H groups in total. The highest BCUT2D eigenvalue weighted by atomic mass is 15.0. The fourth-order valence-corrected chi connectivity index (χ4v) is 1.56. The molecule has 2 rings (SSSR count). The number of nitrogens with one attached hydrogen (secondary N) is 2. The highest BCUT2D eigenvalue weighted by molar-refractivity contribution is 5.83. The van der Waals surface area contributed by atoms with Crippen molar-refractivity contribution in [3.63, 3.8) is 0 Å². The van der Waals surface area contributed by atoms with Crippen molar-refractivity contribution in [2.24, 2.45) is 0 Å². The number of fused-ring (bicyclic) bond motifs is 1. The largest absolute Gasteiger partial charge is 0.388 e. The third-order valence-corrected chi connectivity index (χ3v) is 2.34. The van der Waals surface area contributed by atoms with Gasteiger partial charge < -0.3 is 10.6 Å². The minimum absolute atomic E-state index is 0.896. The fraction of sp³-hybridized carbons (Fsp3) is 0.250. The Bertz CT molecular complexity index is 465. The van der Waals surface area contributed by atoms with E-state index in [0.29, 0.717) is 0 Å². The van der Waals surface area contributed by atoms with Crippen molar-refractivity contribution in [3.8, 4) is 0 Å². The summed E-state index contributed by atoms with van der Waals surface area (Å²) < 4.78 is 0. The Morgan fingerprint density at radius 2 is 2.07 bits per heavy atom. The van der Waals surface area contributed by atoms with Crippen molar-refractivity contribution >= 4 is 22.4 Å². The molecule has 0 fully saturated rings. The molecule has 0 spiro atoms. The standard InChI is InChI=1S/C12H15N3/c1-3-14-12-7-4-9-8-10(13-2)5-6-11(9)15-12/h4-8,13H,3H2,1-2H3,(H,14,15). The summed E-state index contributed by atoms with van der Waals surface area (Å²) in [4.78, 5) is 4.50. The van der Waals surface area contributed by atoms with Crippen LogP contribution < -0.4 is 10.6 Å². The maximum Gasteiger partial charge on any atom is 0.126 e. The molecule has 0 saturated heterocycles. The van der Waals surface area contributed by atoms with Gasteiger partial charge in [-0.05, 0) is 37.3 Å². The Kier molecular flexibility index (Phi) is 2.72. The quantitative estimate of drug-likeness (QED) is 0.801. The Morgan fingerprint density at radius 3 is 2.80 bits per heavy atom. The van der Waals surface area contributed by atoms with Gasteiger partial charge in [-0.2, -0.15) is 0 Å². The smallest absolute Gasteiger partial charge is 0.126 e. The number of anilines is 2. The van der Waals surface area contributed by atoms with Gasteiger partial charge in [0.2, 0.25) is 0 Å². The summed E-state index contributed by atoms with van der Waals surface area (Å²) in [6.07, 6.45) is 0. The average Bonchev–Trinajstić information content (AvgIpc) is 2.29. The summed E-state index contributed by atoms with van der Waals surface area (Å²) in [6, 6.07) is 10.2. The van der Waals surface area contributed by atoms with E-state index in [9.17, 15) is 0 Å². The molecule has 0 unspecified atom stereocenters. The van der Waals surface area contributed by atoms with Gasteiger partial charge in [0.05, 0.1) is 5.52 Å². The summed E-state index contributed by atoms with van der Waals surface area (Å²) in [5.74, 6) is 0.933.